The SMILES string of the molecule is COc1ccc(Cl)cc1C(=O)OCc1csc(N(C(C)=O)c2ccccc2)n1. The van der Waals surface area contributed by atoms with Gasteiger partial charge in [-0.2, -0.15) is 0 Å². The molecule has 28 heavy (non-hydrogen) atoms. The van der Waals surface area contributed by atoms with Crippen LogP contribution < -0.4 is 9.64 Å². The van der Waals surface area contributed by atoms with E-state index >= 15 is 0 Å². The molecule has 0 spiro atoms. The highest BCUT2D eigenvalue weighted by atomic mass is 35.5. The minimum Gasteiger partial charge on any atom is -0.496 e. The summed E-state index contributed by atoms with van der Waals surface area (Å²) in [5, 5.41) is 2.66. The molecular weight excluding hydrogens is 400 g/mol. The number of rotatable bonds is 6. The zero-order valence-corrected chi connectivity index (χ0v) is 16.8. The van der Waals surface area contributed by atoms with Crippen LogP contribution in [0.25, 0.3) is 0 Å². The van der Waals surface area contributed by atoms with Crippen LogP contribution in [-0.4, -0.2) is 24.0 Å². The topological polar surface area (TPSA) is 68.7 Å². The van der Waals surface area contributed by atoms with Crippen molar-refractivity contribution in [3.05, 3.63) is 70.2 Å². The summed E-state index contributed by atoms with van der Waals surface area (Å²) in [4.78, 5) is 30.4. The van der Waals surface area contributed by atoms with Crippen LogP contribution in [0.3, 0.4) is 0 Å². The summed E-state index contributed by atoms with van der Waals surface area (Å²) in [6.45, 7) is 1.44. The third kappa shape index (κ3) is 4.49. The van der Waals surface area contributed by atoms with Crippen LogP contribution in [0, 0.1) is 0 Å². The van der Waals surface area contributed by atoms with Gasteiger partial charge >= 0.3 is 5.97 Å². The Morgan fingerprint density at radius 3 is 2.61 bits per heavy atom. The summed E-state index contributed by atoms with van der Waals surface area (Å²) >= 11 is 7.24. The van der Waals surface area contributed by atoms with Gasteiger partial charge in [0.15, 0.2) is 5.13 Å². The molecule has 144 valence electrons. The van der Waals surface area contributed by atoms with E-state index in [-0.39, 0.29) is 18.1 Å². The van der Waals surface area contributed by atoms with Crippen molar-refractivity contribution in [2.75, 3.05) is 12.0 Å². The van der Waals surface area contributed by atoms with Gasteiger partial charge in [0.1, 0.15) is 17.9 Å². The predicted molar refractivity (Wildman–Crippen MR) is 108 cm³/mol. The highest BCUT2D eigenvalue weighted by molar-refractivity contribution is 7.14. The van der Waals surface area contributed by atoms with E-state index in [4.69, 9.17) is 21.1 Å². The maximum Gasteiger partial charge on any atom is 0.342 e. The van der Waals surface area contributed by atoms with Crippen molar-refractivity contribution in [3.63, 3.8) is 0 Å². The van der Waals surface area contributed by atoms with E-state index in [9.17, 15) is 9.59 Å². The minimum absolute atomic E-state index is 0.0362. The number of esters is 1. The van der Waals surface area contributed by atoms with Gasteiger partial charge in [0.25, 0.3) is 0 Å². The number of nitrogens with zero attached hydrogens (tertiary/aromatic N) is 2. The Balaban J connectivity index is 1.74. The molecule has 1 aromatic heterocycles. The summed E-state index contributed by atoms with van der Waals surface area (Å²) in [5.74, 6) is -0.353. The number of aromatic nitrogens is 1. The second kappa shape index (κ2) is 8.86. The number of ether oxygens (including phenoxy) is 2. The first-order chi connectivity index (χ1) is 13.5. The first-order valence-corrected chi connectivity index (χ1v) is 9.56. The van der Waals surface area contributed by atoms with Gasteiger partial charge in [-0.3, -0.25) is 9.69 Å². The van der Waals surface area contributed by atoms with E-state index in [1.54, 1.807) is 17.5 Å². The Kier molecular flexibility index (Phi) is 6.28. The molecule has 1 heterocycles. The fourth-order valence-electron chi connectivity index (χ4n) is 2.53. The lowest BCUT2D eigenvalue weighted by Gasteiger charge is -2.17. The predicted octanol–water partition coefficient (Wildman–Crippen LogP) is 4.85. The lowest BCUT2D eigenvalue weighted by Crippen LogP contribution is -2.22. The maximum absolute atomic E-state index is 12.4. The summed E-state index contributed by atoms with van der Waals surface area (Å²) < 4.78 is 10.5. The molecular formula is C20H17ClN2O4S. The maximum atomic E-state index is 12.4. The molecule has 0 N–H and O–H groups in total. The van der Waals surface area contributed by atoms with Crippen LogP contribution >= 0.6 is 22.9 Å². The summed E-state index contributed by atoms with van der Waals surface area (Å²) in [5.41, 5.74) is 1.49. The van der Waals surface area contributed by atoms with Gasteiger partial charge in [-0.1, -0.05) is 29.8 Å². The molecule has 0 radical (unpaired) electrons. The number of carbonyl (C=O) groups is 2. The van der Waals surface area contributed by atoms with Gasteiger partial charge in [0, 0.05) is 17.3 Å². The molecule has 1 amide bonds. The molecule has 0 saturated carbocycles. The Labute approximate surface area is 171 Å². The smallest absolute Gasteiger partial charge is 0.342 e. The fraction of sp³-hybridized carbons (Fsp3) is 0.150. The van der Waals surface area contributed by atoms with Gasteiger partial charge in [-0.15, -0.1) is 11.3 Å². The van der Waals surface area contributed by atoms with E-state index in [0.717, 1.165) is 5.69 Å². The average Bonchev–Trinajstić information content (AvgIpc) is 3.15. The van der Waals surface area contributed by atoms with Crippen molar-refractivity contribution in [3.8, 4) is 5.75 Å². The third-order valence-electron chi connectivity index (χ3n) is 3.79. The Hall–Kier alpha value is -2.90. The zero-order valence-electron chi connectivity index (χ0n) is 15.2. The molecule has 0 atom stereocenters. The highest BCUT2D eigenvalue weighted by Crippen LogP contribution is 2.29. The van der Waals surface area contributed by atoms with Crippen molar-refractivity contribution in [1.29, 1.82) is 0 Å². The van der Waals surface area contributed by atoms with Crippen molar-refractivity contribution < 1.29 is 19.1 Å². The number of thiazole rings is 1. The average molecular weight is 417 g/mol. The zero-order chi connectivity index (χ0) is 20.1. The molecule has 0 unspecified atom stereocenters. The number of amides is 1. The first-order valence-electron chi connectivity index (χ1n) is 8.30. The minimum atomic E-state index is -0.569. The second-order valence-corrected chi connectivity index (χ2v) is 7.01. The lowest BCUT2D eigenvalue weighted by atomic mass is 10.2. The van der Waals surface area contributed by atoms with Crippen LogP contribution in [0.1, 0.15) is 23.0 Å². The molecule has 2 aromatic carbocycles. The molecule has 0 bridgehead atoms. The van der Waals surface area contributed by atoms with Gasteiger partial charge in [-0.25, -0.2) is 9.78 Å². The normalized spacial score (nSPS) is 10.4. The van der Waals surface area contributed by atoms with E-state index < -0.39 is 5.97 Å². The van der Waals surface area contributed by atoms with Crippen LogP contribution in [0.4, 0.5) is 10.8 Å². The van der Waals surface area contributed by atoms with E-state index in [1.807, 2.05) is 30.3 Å². The number of anilines is 2. The Morgan fingerprint density at radius 2 is 1.93 bits per heavy atom. The van der Waals surface area contributed by atoms with Gasteiger partial charge in [0.05, 0.1) is 18.5 Å². The first kappa shape index (κ1) is 19.9. The van der Waals surface area contributed by atoms with Crippen LogP contribution in [0.2, 0.25) is 5.02 Å². The second-order valence-electron chi connectivity index (χ2n) is 5.73. The van der Waals surface area contributed by atoms with E-state index in [0.29, 0.717) is 21.6 Å². The number of para-hydroxylation sites is 1. The molecule has 6 nitrogen and oxygen atoms in total. The van der Waals surface area contributed by atoms with Crippen molar-refractivity contribution in [1.82, 2.24) is 4.98 Å². The highest BCUT2D eigenvalue weighted by Gasteiger charge is 2.19. The monoisotopic (exact) mass is 416 g/mol. The number of hydrogen-bond acceptors (Lipinski definition) is 6. The molecule has 0 aliphatic carbocycles. The number of methoxy groups -OCH3 is 1. The van der Waals surface area contributed by atoms with Crippen molar-refractivity contribution in [2.24, 2.45) is 0 Å². The van der Waals surface area contributed by atoms with Crippen molar-refractivity contribution >= 4 is 45.6 Å². The van der Waals surface area contributed by atoms with Crippen LogP contribution in [0.15, 0.2) is 53.9 Å². The summed E-state index contributed by atoms with van der Waals surface area (Å²) in [7, 11) is 1.46. The molecule has 0 aliphatic heterocycles. The molecule has 8 heteroatoms. The molecule has 0 saturated heterocycles. The van der Waals surface area contributed by atoms with Crippen LogP contribution in [-0.2, 0) is 16.1 Å². The summed E-state index contributed by atoms with van der Waals surface area (Å²) in [6.07, 6.45) is 0. The molecule has 0 aliphatic rings. The number of halogens is 1. The van der Waals surface area contributed by atoms with Crippen molar-refractivity contribution in [2.45, 2.75) is 13.5 Å². The Morgan fingerprint density at radius 1 is 1.18 bits per heavy atom. The number of benzene rings is 2. The fourth-order valence-corrected chi connectivity index (χ4v) is 3.57. The van der Waals surface area contributed by atoms with E-state index in [2.05, 4.69) is 4.98 Å². The van der Waals surface area contributed by atoms with Gasteiger partial charge in [-0.05, 0) is 30.3 Å². The third-order valence-corrected chi connectivity index (χ3v) is 4.90. The standard InChI is InChI=1S/C20H17ClN2O4S/c1-13(24)23(16-6-4-3-5-7-16)20-22-15(12-28-20)11-27-19(25)17-10-14(21)8-9-18(17)26-2/h3-10,12H,11H2,1-2H3. The molecule has 3 rings (SSSR count). The van der Waals surface area contributed by atoms with Gasteiger partial charge < -0.3 is 9.47 Å². The number of hydrogen-bond donors (Lipinski definition) is 0. The largest absolute Gasteiger partial charge is 0.496 e. The van der Waals surface area contributed by atoms with Gasteiger partial charge in [0.2, 0.25) is 5.91 Å². The number of carbonyl (C=O) groups excluding carboxylic acids is 2. The quantitative estimate of drug-likeness (QED) is 0.537. The summed E-state index contributed by atoms with van der Waals surface area (Å²) in [6, 6.07) is 13.9. The molecule has 0 fully saturated rings. The Bertz CT molecular complexity index is 991. The lowest BCUT2D eigenvalue weighted by molar-refractivity contribution is -0.115. The van der Waals surface area contributed by atoms with Crippen LogP contribution in [0.5, 0.6) is 5.75 Å². The molecule has 3 aromatic rings. The van der Waals surface area contributed by atoms with E-state index in [1.165, 1.54) is 36.3 Å².